The first kappa shape index (κ1) is 20.8. The smallest absolute Gasteiger partial charge is 0.416 e. The maximum Gasteiger partial charge on any atom is 0.416 e. The van der Waals surface area contributed by atoms with Gasteiger partial charge in [-0.2, -0.15) is 13.2 Å². The molecule has 2 atom stereocenters. The van der Waals surface area contributed by atoms with E-state index in [9.17, 15) is 27.9 Å². The van der Waals surface area contributed by atoms with Crippen molar-refractivity contribution >= 4 is 11.9 Å². The van der Waals surface area contributed by atoms with Gasteiger partial charge in [0.2, 0.25) is 5.76 Å². The molecule has 2 unspecified atom stereocenters. The van der Waals surface area contributed by atoms with Crippen LogP contribution in [0.5, 0.6) is 0 Å². The second-order valence-corrected chi connectivity index (χ2v) is 5.79. The number of allylic oxidation sites excluding steroid dienone is 1. The van der Waals surface area contributed by atoms with E-state index in [1.165, 1.54) is 25.1 Å². The van der Waals surface area contributed by atoms with E-state index in [1.54, 1.807) is 6.92 Å². The number of hydrogen-bond donors (Lipinski definition) is 1. The average Bonchev–Trinajstić information content (AvgIpc) is 2.61. The summed E-state index contributed by atoms with van der Waals surface area (Å²) in [6.07, 6.45) is -3.53. The maximum absolute atomic E-state index is 12.7. The molecule has 1 N–H and O–H groups in total. The van der Waals surface area contributed by atoms with Gasteiger partial charge in [-0.15, -0.1) is 0 Å². The zero-order chi connectivity index (χ0) is 20.2. The van der Waals surface area contributed by atoms with Gasteiger partial charge in [0.25, 0.3) is 0 Å². The number of carbonyl (C=O) groups excluding carboxylic acids is 2. The van der Waals surface area contributed by atoms with Gasteiger partial charge in [-0.05, 0) is 37.6 Å². The van der Waals surface area contributed by atoms with Gasteiger partial charge in [0.15, 0.2) is 0 Å². The molecule has 2 rings (SSSR count). The van der Waals surface area contributed by atoms with Crippen LogP contribution in [-0.4, -0.2) is 36.0 Å². The lowest BCUT2D eigenvalue weighted by atomic mass is 9.88. The number of rotatable bonds is 5. The van der Waals surface area contributed by atoms with Crippen molar-refractivity contribution in [3.8, 4) is 0 Å². The van der Waals surface area contributed by atoms with Gasteiger partial charge in [-0.25, -0.2) is 9.59 Å². The maximum atomic E-state index is 12.7. The third-order valence-corrected chi connectivity index (χ3v) is 3.87. The number of hydrogen-bond acceptors (Lipinski definition) is 6. The molecule has 0 bridgehead atoms. The molecule has 0 spiro atoms. The lowest BCUT2D eigenvalue weighted by Crippen LogP contribution is -2.46. The first-order valence-electron chi connectivity index (χ1n) is 8.25. The highest BCUT2D eigenvalue weighted by atomic mass is 19.4. The summed E-state index contributed by atoms with van der Waals surface area (Å²) in [5.74, 6) is -5.65. The first-order valence-corrected chi connectivity index (χ1v) is 8.25. The molecular weight excluding hydrogens is 369 g/mol. The van der Waals surface area contributed by atoms with Crippen LogP contribution in [0.4, 0.5) is 13.2 Å². The van der Waals surface area contributed by atoms with Crippen molar-refractivity contribution in [1.82, 2.24) is 0 Å². The predicted octanol–water partition coefficient (Wildman–Crippen LogP) is 2.91. The Labute approximate surface area is 153 Å². The highest BCUT2D eigenvalue weighted by molar-refractivity contribution is 5.88. The molecule has 9 heteroatoms. The number of aliphatic hydroxyl groups is 1. The van der Waals surface area contributed by atoms with Crippen LogP contribution < -0.4 is 0 Å². The summed E-state index contributed by atoms with van der Waals surface area (Å²) in [5.41, 5.74) is -0.482. The van der Waals surface area contributed by atoms with Gasteiger partial charge in [-0.3, -0.25) is 0 Å². The number of alkyl halides is 3. The van der Waals surface area contributed by atoms with Gasteiger partial charge >= 0.3 is 23.9 Å². The van der Waals surface area contributed by atoms with Crippen molar-refractivity contribution in [2.45, 2.75) is 38.1 Å². The van der Waals surface area contributed by atoms with E-state index in [4.69, 9.17) is 14.2 Å². The molecule has 0 amide bonds. The summed E-state index contributed by atoms with van der Waals surface area (Å²) in [5, 5.41) is 10.5. The van der Waals surface area contributed by atoms with Gasteiger partial charge in [0, 0.05) is 12.3 Å². The van der Waals surface area contributed by atoms with Gasteiger partial charge in [0.1, 0.15) is 0 Å². The number of benzene rings is 1. The van der Waals surface area contributed by atoms with Crippen LogP contribution >= 0.6 is 0 Å². The van der Waals surface area contributed by atoms with Crippen molar-refractivity contribution in [1.29, 1.82) is 0 Å². The molecule has 0 aromatic heterocycles. The number of ether oxygens (including phenoxy) is 3. The largest absolute Gasteiger partial charge is 0.461 e. The minimum absolute atomic E-state index is 0.0301. The van der Waals surface area contributed by atoms with Crippen molar-refractivity contribution in [3.05, 3.63) is 47.2 Å². The zero-order valence-electron chi connectivity index (χ0n) is 14.7. The molecule has 0 radical (unpaired) electrons. The molecule has 0 aliphatic carbocycles. The van der Waals surface area contributed by atoms with E-state index in [-0.39, 0.29) is 19.6 Å². The Kier molecular flexibility index (Phi) is 6.15. The van der Waals surface area contributed by atoms with Crippen molar-refractivity contribution < 1.29 is 42.1 Å². The molecule has 0 saturated carbocycles. The van der Waals surface area contributed by atoms with Crippen molar-refractivity contribution in [2.24, 2.45) is 0 Å². The SMILES string of the molecule is CCOC(=O)C1=CC(c2ccc(C(F)(F)F)cc2)CC(O)(C(=O)OCC)O1. The molecule has 1 aliphatic rings. The van der Waals surface area contributed by atoms with Crippen LogP contribution in [0.15, 0.2) is 36.1 Å². The van der Waals surface area contributed by atoms with Crippen molar-refractivity contribution in [3.63, 3.8) is 0 Å². The lowest BCUT2D eigenvalue weighted by molar-refractivity contribution is -0.224. The highest BCUT2D eigenvalue weighted by Crippen LogP contribution is 2.38. The molecular formula is C18H19F3O6. The summed E-state index contributed by atoms with van der Waals surface area (Å²) >= 11 is 0. The summed E-state index contributed by atoms with van der Waals surface area (Å²) in [4.78, 5) is 24.1. The second kappa shape index (κ2) is 7.99. The van der Waals surface area contributed by atoms with Gasteiger partial charge in [0.05, 0.1) is 18.8 Å². The van der Waals surface area contributed by atoms with Crippen LogP contribution in [0.2, 0.25) is 0 Å². The summed E-state index contributed by atoms with van der Waals surface area (Å²) < 4.78 is 52.9. The summed E-state index contributed by atoms with van der Waals surface area (Å²) in [7, 11) is 0. The quantitative estimate of drug-likeness (QED) is 0.781. The average molecular weight is 388 g/mol. The van der Waals surface area contributed by atoms with Crippen LogP contribution in [0, 0.1) is 0 Å². The topological polar surface area (TPSA) is 82.1 Å². The number of halogens is 3. The Morgan fingerprint density at radius 2 is 1.78 bits per heavy atom. The minimum atomic E-state index is -4.49. The molecule has 1 aromatic rings. The number of carbonyl (C=O) groups is 2. The molecule has 1 heterocycles. The second-order valence-electron chi connectivity index (χ2n) is 5.79. The fraction of sp³-hybridized carbons (Fsp3) is 0.444. The fourth-order valence-electron chi connectivity index (χ4n) is 2.61. The molecule has 148 valence electrons. The van der Waals surface area contributed by atoms with Crippen LogP contribution in [-0.2, 0) is 30.0 Å². The third kappa shape index (κ3) is 4.79. The molecule has 6 nitrogen and oxygen atoms in total. The first-order chi connectivity index (χ1) is 12.6. The van der Waals surface area contributed by atoms with E-state index < -0.39 is 41.1 Å². The molecule has 0 saturated heterocycles. The standard InChI is InChI=1S/C18H19F3O6/c1-3-25-15(22)14-9-12(10-17(24,27-14)16(23)26-4-2)11-5-7-13(8-6-11)18(19,20)21/h5-9,12,24H,3-4,10H2,1-2H3. The number of esters is 2. The van der Waals surface area contributed by atoms with E-state index in [0.29, 0.717) is 5.56 Å². The van der Waals surface area contributed by atoms with Crippen LogP contribution in [0.25, 0.3) is 0 Å². The van der Waals surface area contributed by atoms with Gasteiger partial charge in [-0.1, -0.05) is 12.1 Å². The molecule has 1 aromatic carbocycles. The van der Waals surface area contributed by atoms with Crippen molar-refractivity contribution in [2.75, 3.05) is 13.2 Å². The Morgan fingerprint density at radius 1 is 1.19 bits per heavy atom. The highest BCUT2D eigenvalue weighted by Gasteiger charge is 2.47. The molecule has 0 fully saturated rings. The van der Waals surface area contributed by atoms with E-state index >= 15 is 0 Å². The van der Waals surface area contributed by atoms with Crippen LogP contribution in [0.1, 0.15) is 37.3 Å². The predicted molar refractivity (Wildman–Crippen MR) is 86.2 cm³/mol. The Balaban J connectivity index is 2.38. The third-order valence-electron chi connectivity index (χ3n) is 3.87. The van der Waals surface area contributed by atoms with E-state index in [2.05, 4.69) is 0 Å². The minimum Gasteiger partial charge on any atom is -0.461 e. The zero-order valence-corrected chi connectivity index (χ0v) is 14.7. The Hall–Kier alpha value is -2.55. The van der Waals surface area contributed by atoms with E-state index in [1.807, 2.05) is 0 Å². The lowest BCUT2D eigenvalue weighted by Gasteiger charge is -2.34. The van der Waals surface area contributed by atoms with E-state index in [0.717, 1.165) is 12.1 Å². The fourth-order valence-corrected chi connectivity index (χ4v) is 2.61. The van der Waals surface area contributed by atoms with Gasteiger partial charge < -0.3 is 19.3 Å². The molecule has 27 heavy (non-hydrogen) atoms. The monoisotopic (exact) mass is 388 g/mol. The normalized spacial score (nSPS) is 22.4. The van der Waals surface area contributed by atoms with Crippen LogP contribution in [0.3, 0.4) is 0 Å². The Morgan fingerprint density at radius 3 is 2.30 bits per heavy atom. The Bertz CT molecular complexity index is 726. The summed E-state index contributed by atoms with van der Waals surface area (Å²) in [6.45, 7) is 3.09. The molecule has 1 aliphatic heterocycles. The summed E-state index contributed by atoms with van der Waals surface area (Å²) in [6, 6.07) is 4.19.